The monoisotopic (exact) mass is 331 g/mol. The van der Waals surface area contributed by atoms with Crippen molar-refractivity contribution in [3.05, 3.63) is 65.2 Å². The molecular formula is C14H12ClF2NO2S. The normalized spacial score (nSPS) is 11.6. The van der Waals surface area contributed by atoms with Crippen LogP contribution in [-0.4, -0.2) is 8.42 Å². The number of nitrogens with one attached hydrogen (secondary N) is 1. The molecule has 3 nitrogen and oxygen atoms in total. The van der Waals surface area contributed by atoms with Crippen LogP contribution < -0.4 is 4.72 Å². The fraction of sp³-hybridized carbons (Fsp3) is 0.143. The Bertz CT molecular complexity index is 733. The zero-order chi connectivity index (χ0) is 15.5. The third kappa shape index (κ3) is 4.00. The second kappa shape index (κ2) is 6.51. The maximum Gasteiger partial charge on any atom is 0.243 e. The van der Waals surface area contributed by atoms with Crippen molar-refractivity contribution in [2.45, 2.75) is 17.3 Å². The summed E-state index contributed by atoms with van der Waals surface area (Å²) in [5.74, 6) is -1.59. The van der Waals surface area contributed by atoms with Crippen LogP contribution in [0.3, 0.4) is 0 Å². The third-order valence-corrected chi connectivity index (χ3v) is 4.57. The van der Waals surface area contributed by atoms with E-state index in [9.17, 15) is 17.2 Å². The molecule has 0 amide bonds. The molecule has 0 aliphatic carbocycles. The first-order valence-electron chi connectivity index (χ1n) is 6.01. The van der Waals surface area contributed by atoms with Crippen LogP contribution in [0.15, 0.2) is 47.4 Å². The highest BCUT2D eigenvalue weighted by Gasteiger charge is 2.19. The number of sulfonamides is 1. The van der Waals surface area contributed by atoms with Crippen molar-refractivity contribution in [3.63, 3.8) is 0 Å². The van der Waals surface area contributed by atoms with Crippen LogP contribution in [0.1, 0.15) is 11.1 Å². The van der Waals surface area contributed by atoms with Crippen LogP contribution in [0.2, 0.25) is 0 Å². The number of hydrogen-bond acceptors (Lipinski definition) is 2. The van der Waals surface area contributed by atoms with Crippen molar-refractivity contribution in [1.29, 1.82) is 0 Å². The van der Waals surface area contributed by atoms with Gasteiger partial charge in [-0.2, -0.15) is 0 Å². The van der Waals surface area contributed by atoms with Crippen LogP contribution in [0.5, 0.6) is 0 Å². The van der Waals surface area contributed by atoms with Gasteiger partial charge in [-0.15, -0.1) is 11.6 Å². The summed E-state index contributed by atoms with van der Waals surface area (Å²) < 4.78 is 52.5. The summed E-state index contributed by atoms with van der Waals surface area (Å²) in [5, 5.41) is 0. The molecule has 0 aliphatic rings. The van der Waals surface area contributed by atoms with E-state index in [1.54, 1.807) is 24.3 Å². The summed E-state index contributed by atoms with van der Waals surface area (Å²) in [7, 11) is -4.04. The van der Waals surface area contributed by atoms with Gasteiger partial charge in [-0.05, 0) is 23.3 Å². The smallest absolute Gasteiger partial charge is 0.207 e. The lowest BCUT2D eigenvalue weighted by Gasteiger charge is -2.08. The summed E-state index contributed by atoms with van der Waals surface area (Å²) in [4.78, 5) is -0.582. The van der Waals surface area contributed by atoms with Crippen molar-refractivity contribution < 1.29 is 17.2 Å². The van der Waals surface area contributed by atoms with Gasteiger partial charge in [-0.25, -0.2) is 21.9 Å². The topological polar surface area (TPSA) is 46.2 Å². The molecule has 2 aromatic carbocycles. The number of halogens is 3. The molecule has 2 rings (SSSR count). The maximum atomic E-state index is 13.5. The van der Waals surface area contributed by atoms with E-state index in [1.807, 2.05) is 0 Å². The predicted octanol–water partition coefficient (Wildman–Crippen LogP) is 3.18. The van der Waals surface area contributed by atoms with Crippen molar-refractivity contribution in [1.82, 2.24) is 4.72 Å². The van der Waals surface area contributed by atoms with Gasteiger partial charge >= 0.3 is 0 Å². The van der Waals surface area contributed by atoms with Gasteiger partial charge in [0.2, 0.25) is 10.0 Å². The zero-order valence-corrected chi connectivity index (χ0v) is 12.4. The fourth-order valence-corrected chi connectivity index (χ4v) is 2.95. The molecule has 0 fully saturated rings. The van der Waals surface area contributed by atoms with E-state index in [-0.39, 0.29) is 6.54 Å². The molecule has 0 saturated heterocycles. The molecule has 0 atom stereocenters. The van der Waals surface area contributed by atoms with Gasteiger partial charge < -0.3 is 0 Å². The lowest BCUT2D eigenvalue weighted by atomic mass is 10.1. The molecule has 7 heteroatoms. The molecule has 0 radical (unpaired) electrons. The Balaban J connectivity index is 2.13. The minimum absolute atomic E-state index is 0.00170. The van der Waals surface area contributed by atoms with E-state index >= 15 is 0 Å². The van der Waals surface area contributed by atoms with Gasteiger partial charge in [0, 0.05) is 18.5 Å². The molecule has 112 valence electrons. The van der Waals surface area contributed by atoms with Crippen molar-refractivity contribution in [3.8, 4) is 0 Å². The summed E-state index contributed by atoms with van der Waals surface area (Å²) in [5.41, 5.74) is 1.61. The molecule has 0 saturated carbocycles. The number of hydrogen-bond donors (Lipinski definition) is 1. The first-order valence-corrected chi connectivity index (χ1v) is 8.02. The second-order valence-corrected chi connectivity index (χ2v) is 6.35. The lowest BCUT2D eigenvalue weighted by Crippen LogP contribution is -2.24. The Morgan fingerprint density at radius 2 is 1.62 bits per heavy atom. The molecule has 0 aliphatic heterocycles. The average molecular weight is 332 g/mol. The summed E-state index contributed by atoms with van der Waals surface area (Å²) in [6.07, 6.45) is 0. The van der Waals surface area contributed by atoms with Gasteiger partial charge in [0.05, 0.1) is 0 Å². The van der Waals surface area contributed by atoms with Gasteiger partial charge in [0.1, 0.15) is 16.5 Å². The van der Waals surface area contributed by atoms with E-state index in [0.29, 0.717) is 17.5 Å². The van der Waals surface area contributed by atoms with Gasteiger partial charge in [-0.3, -0.25) is 0 Å². The van der Waals surface area contributed by atoms with E-state index in [4.69, 9.17) is 11.6 Å². The van der Waals surface area contributed by atoms with Crippen LogP contribution in [0, 0.1) is 11.6 Å². The highest BCUT2D eigenvalue weighted by Crippen LogP contribution is 2.16. The first-order chi connectivity index (χ1) is 9.92. The third-order valence-electron chi connectivity index (χ3n) is 2.83. The molecular weight excluding hydrogens is 320 g/mol. The Hall–Kier alpha value is -1.50. The standard InChI is InChI=1S/C14H12ClF2NO2S/c15-8-10-1-3-11(4-2-10)9-18-21(19,20)14-6-5-12(16)7-13(14)17/h1-7,18H,8-9H2. The lowest BCUT2D eigenvalue weighted by molar-refractivity contribution is 0.543. The highest BCUT2D eigenvalue weighted by molar-refractivity contribution is 7.89. The van der Waals surface area contributed by atoms with Crippen molar-refractivity contribution >= 4 is 21.6 Å². The molecule has 1 N–H and O–H groups in total. The Labute approximate surface area is 126 Å². The second-order valence-electron chi connectivity index (χ2n) is 4.35. The fourth-order valence-electron chi connectivity index (χ4n) is 1.70. The Morgan fingerprint density at radius 1 is 1.00 bits per heavy atom. The molecule has 2 aromatic rings. The van der Waals surface area contributed by atoms with Crippen LogP contribution in [0.4, 0.5) is 8.78 Å². The number of alkyl halides is 1. The molecule has 21 heavy (non-hydrogen) atoms. The summed E-state index contributed by atoms with van der Waals surface area (Å²) in [6, 6.07) is 9.31. The van der Waals surface area contributed by atoms with Gasteiger partial charge in [-0.1, -0.05) is 24.3 Å². The quantitative estimate of drug-likeness (QED) is 0.855. The van der Waals surface area contributed by atoms with Crippen molar-refractivity contribution in [2.75, 3.05) is 0 Å². The minimum atomic E-state index is -4.04. The first kappa shape index (κ1) is 15.9. The Kier molecular flexibility index (Phi) is 4.92. The minimum Gasteiger partial charge on any atom is -0.207 e. The van der Waals surface area contributed by atoms with E-state index in [0.717, 1.165) is 17.7 Å². The van der Waals surface area contributed by atoms with Crippen molar-refractivity contribution in [2.24, 2.45) is 0 Å². The number of rotatable bonds is 5. The summed E-state index contributed by atoms with van der Waals surface area (Å²) >= 11 is 5.66. The van der Waals surface area contributed by atoms with Crippen LogP contribution in [-0.2, 0) is 22.4 Å². The van der Waals surface area contributed by atoms with Crippen LogP contribution in [0.25, 0.3) is 0 Å². The Morgan fingerprint density at radius 3 is 2.19 bits per heavy atom. The van der Waals surface area contributed by atoms with Gasteiger partial charge in [0.15, 0.2) is 0 Å². The molecule has 0 heterocycles. The molecule has 0 aromatic heterocycles. The molecule has 0 spiro atoms. The largest absolute Gasteiger partial charge is 0.243 e. The van der Waals surface area contributed by atoms with Gasteiger partial charge in [0.25, 0.3) is 0 Å². The average Bonchev–Trinajstić information content (AvgIpc) is 2.45. The highest BCUT2D eigenvalue weighted by atomic mass is 35.5. The zero-order valence-electron chi connectivity index (χ0n) is 10.8. The maximum absolute atomic E-state index is 13.5. The van der Waals surface area contributed by atoms with E-state index < -0.39 is 26.6 Å². The van der Waals surface area contributed by atoms with E-state index in [1.165, 1.54) is 0 Å². The number of benzene rings is 2. The van der Waals surface area contributed by atoms with E-state index in [2.05, 4.69) is 4.72 Å². The molecule has 0 bridgehead atoms. The predicted molar refractivity (Wildman–Crippen MR) is 76.4 cm³/mol. The summed E-state index contributed by atoms with van der Waals surface area (Å²) in [6.45, 7) is 0.00170. The molecule has 0 unspecified atom stereocenters. The SMILES string of the molecule is O=S(=O)(NCc1ccc(CCl)cc1)c1ccc(F)cc1F. The van der Waals surface area contributed by atoms with Crippen LogP contribution >= 0.6 is 11.6 Å².